The number of rotatable bonds is 4. The molecular weight excluding hydrogens is 288 g/mol. The standard InChI is InChI=1S/C18H28N4O/c1-20(13-9-10-13)17(23)12-22-11-5-8-16(22)18-19-14-6-3-4-7-15(14)21(18)2/h13,16H,3-12H2,1-2H3/t16-/m1/s1. The molecule has 2 fully saturated rings. The summed E-state index contributed by atoms with van der Waals surface area (Å²) in [7, 11) is 4.13. The van der Waals surface area contributed by atoms with Gasteiger partial charge < -0.3 is 9.47 Å². The van der Waals surface area contributed by atoms with Crippen LogP contribution in [0.5, 0.6) is 0 Å². The number of likely N-dealkylation sites (N-methyl/N-ethyl adjacent to an activating group) is 1. The van der Waals surface area contributed by atoms with Crippen molar-refractivity contribution in [2.24, 2.45) is 7.05 Å². The highest BCUT2D eigenvalue weighted by Crippen LogP contribution is 2.34. The summed E-state index contributed by atoms with van der Waals surface area (Å²) in [6, 6.07) is 0.825. The average molecular weight is 316 g/mol. The van der Waals surface area contributed by atoms with E-state index in [-0.39, 0.29) is 5.91 Å². The largest absolute Gasteiger partial charge is 0.342 e. The molecular formula is C18H28N4O. The maximum atomic E-state index is 12.5. The Bertz CT molecular complexity index is 604. The number of fused-ring (bicyclic) bond motifs is 1. The Labute approximate surface area is 138 Å². The molecule has 0 aromatic carbocycles. The Morgan fingerprint density at radius 2 is 2.00 bits per heavy atom. The molecule has 0 unspecified atom stereocenters. The van der Waals surface area contributed by atoms with Crippen molar-refractivity contribution in [1.29, 1.82) is 0 Å². The van der Waals surface area contributed by atoms with Crippen molar-refractivity contribution >= 4 is 5.91 Å². The van der Waals surface area contributed by atoms with Crippen LogP contribution in [0.25, 0.3) is 0 Å². The van der Waals surface area contributed by atoms with Gasteiger partial charge in [-0.2, -0.15) is 0 Å². The zero-order chi connectivity index (χ0) is 16.0. The molecule has 0 bridgehead atoms. The highest BCUT2D eigenvalue weighted by Gasteiger charge is 2.35. The lowest BCUT2D eigenvalue weighted by molar-refractivity contribution is -0.131. The van der Waals surface area contributed by atoms with Gasteiger partial charge in [0.05, 0.1) is 18.3 Å². The van der Waals surface area contributed by atoms with Crippen molar-refractivity contribution in [1.82, 2.24) is 19.4 Å². The summed E-state index contributed by atoms with van der Waals surface area (Å²) in [6.45, 7) is 1.57. The number of carbonyl (C=O) groups excluding carboxylic acids is 1. The lowest BCUT2D eigenvalue weighted by Gasteiger charge is -2.26. The fourth-order valence-electron chi connectivity index (χ4n) is 4.26. The van der Waals surface area contributed by atoms with E-state index in [2.05, 4.69) is 16.5 Å². The van der Waals surface area contributed by atoms with Gasteiger partial charge in [-0.25, -0.2) is 4.98 Å². The van der Waals surface area contributed by atoms with Crippen LogP contribution in [-0.4, -0.2) is 51.4 Å². The SMILES string of the molecule is CN(C(=O)CN1CCC[C@@H]1c1nc2c(n1C)CCCC2)C1CC1. The monoisotopic (exact) mass is 316 g/mol. The van der Waals surface area contributed by atoms with Crippen LogP contribution in [0.1, 0.15) is 61.8 Å². The summed E-state index contributed by atoms with van der Waals surface area (Å²) in [5.41, 5.74) is 2.74. The lowest BCUT2D eigenvalue weighted by Crippen LogP contribution is -2.39. The second kappa shape index (κ2) is 5.93. The second-order valence-electron chi connectivity index (χ2n) is 7.49. The smallest absolute Gasteiger partial charge is 0.236 e. The summed E-state index contributed by atoms with van der Waals surface area (Å²) in [6.07, 6.45) is 9.49. The van der Waals surface area contributed by atoms with Gasteiger partial charge in [0.15, 0.2) is 0 Å². The van der Waals surface area contributed by atoms with Gasteiger partial charge in [-0.05, 0) is 57.9 Å². The minimum absolute atomic E-state index is 0.276. The zero-order valence-corrected chi connectivity index (χ0v) is 14.4. The maximum Gasteiger partial charge on any atom is 0.236 e. The first-order valence-electron chi connectivity index (χ1n) is 9.19. The highest BCUT2D eigenvalue weighted by atomic mass is 16.2. The van der Waals surface area contributed by atoms with E-state index in [0.29, 0.717) is 18.6 Å². The van der Waals surface area contributed by atoms with Crippen molar-refractivity contribution in [3.8, 4) is 0 Å². The Morgan fingerprint density at radius 3 is 2.74 bits per heavy atom. The van der Waals surface area contributed by atoms with E-state index in [1.807, 2.05) is 11.9 Å². The minimum atomic E-state index is 0.276. The quantitative estimate of drug-likeness (QED) is 0.854. The predicted octanol–water partition coefficient (Wildman–Crippen LogP) is 2.06. The number of likely N-dealkylation sites (tertiary alicyclic amines) is 1. The maximum absolute atomic E-state index is 12.5. The van der Waals surface area contributed by atoms with Crippen LogP contribution >= 0.6 is 0 Å². The molecule has 1 aromatic rings. The molecule has 4 rings (SSSR count). The summed E-state index contributed by atoms with van der Waals surface area (Å²) in [5, 5.41) is 0. The van der Waals surface area contributed by atoms with Crippen LogP contribution in [0.15, 0.2) is 0 Å². The number of nitrogens with zero attached hydrogens (tertiary/aromatic N) is 4. The van der Waals surface area contributed by atoms with E-state index in [4.69, 9.17) is 4.98 Å². The minimum Gasteiger partial charge on any atom is -0.342 e. The van der Waals surface area contributed by atoms with Gasteiger partial charge in [-0.15, -0.1) is 0 Å². The van der Waals surface area contributed by atoms with Crippen molar-refractivity contribution in [2.45, 2.75) is 63.5 Å². The first-order chi connectivity index (χ1) is 11.1. The van der Waals surface area contributed by atoms with E-state index in [1.165, 1.54) is 49.3 Å². The third-order valence-corrected chi connectivity index (χ3v) is 5.90. The molecule has 126 valence electrons. The first-order valence-corrected chi connectivity index (χ1v) is 9.19. The Kier molecular flexibility index (Phi) is 3.92. The summed E-state index contributed by atoms with van der Waals surface area (Å²) >= 11 is 0. The third-order valence-electron chi connectivity index (χ3n) is 5.90. The summed E-state index contributed by atoms with van der Waals surface area (Å²) in [5.74, 6) is 1.47. The van der Waals surface area contributed by atoms with Gasteiger partial charge in [0.25, 0.3) is 0 Å². The van der Waals surface area contributed by atoms with E-state index in [1.54, 1.807) is 0 Å². The van der Waals surface area contributed by atoms with E-state index >= 15 is 0 Å². The molecule has 2 heterocycles. The van der Waals surface area contributed by atoms with Crippen LogP contribution in [0.3, 0.4) is 0 Å². The molecule has 1 amide bonds. The number of amides is 1. The molecule has 1 aromatic heterocycles. The van der Waals surface area contributed by atoms with Crippen LogP contribution in [0.2, 0.25) is 0 Å². The molecule has 5 nitrogen and oxygen atoms in total. The number of hydrogen-bond acceptors (Lipinski definition) is 3. The molecule has 5 heteroatoms. The fourth-order valence-corrected chi connectivity index (χ4v) is 4.26. The van der Waals surface area contributed by atoms with E-state index in [9.17, 15) is 4.79 Å². The van der Waals surface area contributed by atoms with Crippen molar-refractivity contribution < 1.29 is 4.79 Å². The van der Waals surface area contributed by atoms with Gasteiger partial charge in [0, 0.05) is 25.8 Å². The van der Waals surface area contributed by atoms with Gasteiger partial charge in [-0.3, -0.25) is 9.69 Å². The number of aromatic nitrogens is 2. The Balaban J connectivity index is 1.51. The molecule has 1 atom stereocenters. The lowest BCUT2D eigenvalue weighted by atomic mass is 10.0. The van der Waals surface area contributed by atoms with Crippen LogP contribution < -0.4 is 0 Å². The zero-order valence-electron chi connectivity index (χ0n) is 14.4. The molecule has 2 aliphatic carbocycles. The van der Waals surface area contributed by atoms with Crippen molar-refractivity contribution in [2.75, 3.05) is 20.1 Å². The van der Waals surface area contributed by atoms with Crippen LogP contribution in [-0.2, 0) is 24.7 Å². The highest BCUT2D eigenvalue weighted by molar-refractivity contribution is 5.78. The van der Waals surface area contributed by atoms with Crippen molar-refractivity contribution in [3.05, 3.63) is 17.2 Å². The van der Waals surface area contributed by atoms with Gasteiger partial charge >= 0.3 is 0 Å². The predicted molar refractivity (Wildman–Crippen MR) is 89.2 cm³/mol. The average Bonchev–Trinajstić information content (AvgIpc) is 3.23. The van der Waals surface area contributed by atoms with Gasteiger partial charge in [0.2, 0.25) is 5.91 Å². The van der Waals surface area contributed by atoms with Crippen molar-refractivity contribution in [3.63, 3.8) is 0 Å². The third kappa shape index (κ3) is 2.80. The van der Waals surface area contributed by atoms with Gasteiger partial charge in [0.1, 0.15) is 5.82 Å². The first kappa shape index (κ1) is 15.2. The molecule has 1 aliphatic heterocycles. The number of carbonyl (C=O) groups is 1. The number of aryl methyl sites for hydroxylation is 1. The van der Waals surface area contributed by atoms with Crippen LogP contribution in [0.4, 0.5) is 0 Å². The second-order valence-corrected chi connectivity index (χ2v) is 7.49. The van der Waals surface area contributed by atoms with E-state index in [0.717, 1.165) is 25.8 Å². The van der Waals surface area contributed by atoms with Gasteiger partial charge in [-0.1, -0.05) is 0 Å². The number of hydrogen-bond donors (Lipinski definition) is 0. The molecule has 0 spiro atoms. The topological polar surface area (TPSA) is 41.4 Å². The van der Waals surface area contributed by atoms with Crippen LogP contribution in [0, 0.1) is 0 Å². The van der Waals surface area contributed by atoms with E-state index < -0.39 is 0 Å². The molecule has 1 saturated heterocycles. The molecule has 3 aliphatic rings. The fraction of sp³-hybridized carbons (Fsp3) is 0.778. The molecule has 23 heavy (non-hydrogen) atoms. The normalized spacial score (nSPS) is 24.7. The molecule has 0 N–H and O–H groups in total. The summed E-state index contributed by atoms with van der Waals surface area (Å²) < 4.78 is 2.33. The summed E-state index contributed by atoms with van der Waals surface area (Å²) in [4.78, 5) is 21.8. The Hall–Kier alpha value is -1.36. The Morgan fingerprint density at radius 1 is 1.22 bits per heavy atom. The number of imidazole rings is 1. The molecule has 1 saturated carbocycles. The molecule has 0 radical (unpaired) electrons.